The van der Waals surface area contributed by atoms with Gasteiger partial charge in [0.2, 0.25) is 5.91 Å². The third-order valence-corrected chi connectivity index (χ3v) is 4.20. The SMILES string of the molecule is CC(C)[C@@H]1CCCN(C(=O)C2(C)CC2)C1. The summed E-state index contributed by atoms with van der Waals surface area (Å²) in [6.07, 6.45) is 4.71. The van der Waals surface area contributed by atoms with Gasteiger partial charge in [-0.2, -0.15) is 0 Å². The Labute approximate surface area is 93.0 Å². The largest absolute Gasteiger partial charge is 0.342 e. The molecule has 2 fully saturated rings. The van der Waals surface area contributed by atoms with E-state index in [4.69, 9.17) is 0 Å². The van der Waals surface area contributed by atoms with Crippen molar-refractivity contribution in [2.24, 2.45) is 17.3 Å². The molecule has 1 heterocycles. The molecule has 2 nitrogen and oxygen atoms in total. The highest BCUT2D eigenvalue weighted by Gasteiger charge is 2.47. The molecule has 86 valence electrons. The number of piperidine rings is 1. The second-order valence-corrected chi connectivity index (χ2v) is 5.96. The van der Waals surface area contributed by atoms with Crippen LogP contribution in [0.4, 0.5) is 0 Å². The van der Waals surface area contributed by atoms with E-state index in [-0.39, 0.29) is 5.41 Å². The van der Waals surface area contributed by atoms with Crippen LogP contribution >= 0.6 is 0 Å². The van der Waals surface area contributed by atoms with E-state index < -0.39 is 0 Å². The van der Waals surface area contributed by atoms with Crippen LogP contribution in [0.3, 0.4) is 0 Å². The van der Waals surface area contributed by atoms with Gasteiger partial charge in [-0.05, 0) is 37.5 Å². The van der Waals surface area contributed by atoms with Gasteiger partial charge in [0.1, 0.15) is 0 Å². The predicted octanol–water partition coefficient (Wildman–Crippen LogP) is 2.68. The zero-order chi connectivity index (χ0) is 11.1. The molecule has 2 rings (SSSR count). The summed E-state index contributed by atoms with van der Waals surface area (Å²) in [6, 6.07) is 0. The lowest BCUT2D eigenvalue weighted by atomic mass is 9.87. The molecule has 1 saturated heterocycles. The fourth-order valence-electron chi connectivity index (χ4n) is 2.52. The van der Waals surface area contributed by atoms with Crippen LogP contribution in [0.15, 0.2) is 0 Å². The van der Waals surface area contributed by atoms with Gasteiger partial charge in [0.05, 0.1) is 0 Å². The molecule has 0 unspecified atom stereocenters. The van der Waals surface area contributed by atoms with Gasteiger partial charge >= 0.3 is 0 Å². The van der Waals surface area contributed by atoms with Gasteiger partial charge in [-0.25, -0.2) is 0 Å². The van der Waals surface area contributed by atoms with E-state index in [1.165, 1.54) is 12.8 Å². The smallest absolute Gasteiger partial charge is 0.228 e. The molecule has 1 atom stereocenters. The number of likely N-dealkylation sites (tertiary alicyclic amines) is 1. The maximum absolute atomic E-state index is 12.2. The van der Waals surface area contributed by atoms with E-state index in [2.05, 4.69) is 25.7 Å². The van der Waals surface area contributed by atoms with Gasteiger partial charge in [-0.1, -0.05) is 20.8 Å². The van der Waals surface area contributed by atoms with Gasteiger partial charge < -0.3 is 4.90 Å². The Kier molecular flexibility index (Phi) is 2.78. The van der Waals surface area contributed by atoms with Gasteiger partial charge in [0.15, 0.2) is 0 Å². The van der Waals surface area contributed by atoms with Crippen molar-refractivity contribution in [3.05, 3.63) is 0 Å². The Bertz CT molecular complexity index is 255. The summed E-state index contributed by atoms with van der Waals surface area (Å²) in [7, 11) is 0. The molecular weight excluding hydrogens is 186 g/mol. The van der Waals surface area contributed by atoms with Gasteiger partial charge in [0.25, 0.3) is 0 Å². The molecule has 0 spiro atoms. The summed E-state index contributed by atoms with van der Waals surface area (Å²) in [5, 5.41) is 0. The topological polar surface area (TPSA) is 20.3 Å². The van der Waals surface area contributed by atoms with Crippen LogP contribution in [0.1, 0.15) is 46.5 Å². The lowest BCUT2D eigenvalue weighted by Gasteiger charge is -2.36. The van der Waals surface area contributed by atoms with Gasteiger partial charge in [0, 0.05) is 18.5 Å². The van der Waals surface area contributed by atoms with Crippen molar-refractivity contribution in [1.29, 1.82) is 0 Å². The molecule has 15 heavy (non-hydrogen) atoms. The summed E-state index contributed by atoms with van der Waals surface area (Å²) in [4.78, 5) is 14.3. The lowest BCUT2D eigenvalue weighted by molar-refractivity contribution is -0.138. The summed E-state index contributed by atoms with van der Waals surface area (Å²) in [6.45, 7) is 8.67. The van der Waals surface area contributed by atoms with Crippen LogP contribution < -0.4 is 0 Å². The van der Waals surface area contributed by atoms with Crippen molar-refractivity contribution < 1.29 is 4.79 Å². The number of rotatable bonds is 2. The monoisotopic (exact) mass is 209 g/mol. The van der Waals surface area contributed by atoms with Crippen LogP contribution in [0, 0.1) is 17.3 Å². The standard InChI is InChI=1S/C13H23NO/c1-10(2)11-5-4-8-14(9-11)12(15)13(3)6-7-13/h10-11H,4-9H2,1-3H3/t11-/m1/s1. The van der Waals surface area contributed by atoms with E-state index in [9.17, 15) is 4.79 Å². The lowest BCUT2D eigenvalue weighted by Crippen LogP contribution is -2.44. The fraction of sp³-hybridized carbons (Fsp3) is 0.923. The van der Waals surface area contributed by atoms with Crippen molar-refractivity contribution in [3.8, 4) is 0 Å². The Morgan fingerprint density at radius 1 is 1.40 bits per heavy atom. The van der Waals surface area contributed by atoms with E-state index in [1.54, 1.807) is 0 Å². The molecule has 0 aromatic rings. The van der Waals surface area contributed by atoms with Crippen LogP contribution in [0.25, 0.3) is 0 Å². The number of carbonyl (C=O) groups excluding carboxylic acids is 1. The minimum atomic E-state index is 0.0267. The molecule has 1 saturated carbocycles. The van der Waals surface area contributed by atoms with Gasteiger partial charge in [-0.3, -0.25) is 4.79 Å². The zero-order valence-corrected chi connectivity index (χ0v) is 10.3. The minimum Gasteiger partial charge on any atom is -0.342 e. The molecule has 0 radical (unpaired) electrons. The average Bonchev–Trinajstić information content (AvgIpc) is 2.97. The summed E-state index contributed by atoms with van der Waals surface area (Å²) < 4.78 is 0. The number of nitrogens with zero attached hydrogens (tertiary/aromatic N) is 1. The first-order valence-corrected chi connectivity index (χ1v) is 6.32. The Morgan fingerprint density at radius 2 is 2.07 bits per heavy atom. The maximum Gasteiger partial charge on any atom is 0.228 e. The second kappa shape index (κ2) is 3.80. The second-order valence-electron chi connectivity index (χ2n) is 5.96. The van der Waals surface area contributed by atoms with Crippen molar-refractivity contribution in [2.45, 2.75) is 46.5 Å². The quantitative estimate of drug-likeness (QED) is 0.684. The molecule has 1 amide bonds. The Hall–Kier alpha value is -0.530. The van der Waals surface area contributed by atoms with Crippen molar-refractivity contribution in [2.75, 3.05) is 13.1 Å². The van der Waals surface area contributed by atoms with Crippen molar-refractivity contribution >= 4 is 5.91 Å². The molecule has 2 heteroatoms. The number of hydrogen-bond donors (Lipinski definition) is 0. The molecule has 2 aliphatic rings. The van der Waals surface area contributed by atoms with Crippen LogP contribution in [-0.2, 0) is 4.79 Å². The first kappa shape index (κ1) is 11.0. The molecule has 0 aromatic heterocycles. The van der Waals surface area contributed by atoms with Crippen LogP contribution in [0.2, 0.25) is 0 Å². The Morgan fingerprint density at radius 3 is 2.60 bits per heavy atom. The fourth-order valence-corrected chi connectivity index (χ4v) is 2.52. The molecule has 1 aliphatic heterocycles. The molecular formula is C13H23NO. The number of hydrogen-bond acceptors (Lipinski definition) is 1. The van der Waals surface area contributed by atoms with E-state index >= 15 is 0 Å². The van der Waals surface area contributed by atoms with Crippen molar-refractivity contribution in [1.82, 2.24) is 4.90 Å². The highest BCUT2D eigenvalue weighted by molar-refractivity contribution is 5.85. The molecule has 0 bridgehead atoms. The first-order chi connectivity index (χ1) is 7.03. The van der Waals surface area contributed by atoms with Gasteiger partial charge in [-0.15, -0.1) is 0 Å². The Balaban J connectivity index is 1.95. The van der Waals surface area contributed by atoms with Crippen LogP contribution in [0.5, 0.6) is 0 Å². The highest BCUT2D eigenvalue weighted by Crippen LogP contribution is 2.47. The van der Waals surface area contributed by atoms with E-state index in [0.29, 0.717) is 11.8 Å². The number of carbonyl (C=O) groups is 1. The molecule has 1 aliphatic carbocycles. The summed E-state index contributed by atoms with van der Waals surface area (Å²) in [5.41, 5.74) is 0.0267. The third kappa shape index (κ3) is 2.19. The normalized spacial score (nSPS) is 29.3. The number of amides is 1. The summed E-state index contributed by atoms with van der Waals surface area (Å²) >= 11 is 0. The first-order valence-electron chi connectivity index (χ1n) is 6.32. The molecule has 0 aromatic carbocycles. The zero-order valence-electron chi connectivity index (χ0n) is 10.3. The van der Waals surface area contributed by atoms with E-state index in [1.807, 2.05) is 0 Å². The maximum atomic E-state index is 12.2. The minimum absolute atomic E-state index is 0.0267. The summed E-state index contributed by atoms with van der Waals surface area (Å²) in [5.74, 6) is 1.87. The third-order valence-electron chi connectivity index (χ3n) is 4.20. The van der Waals surface area contributed by atoms with Crippen LogP contribution in [-0.4, -0.2) is 23.9 Å². The average molecular weight is 209 g/mol. The molecule has 0 N–H and O–H groups in total. The predicted molar refractivity (Wildman–Crippen MR) is 61.5 cm³/mol. The van der Waals surface area contributed by atoms with Crippen molar-refractivity contribution in [3.63, 3.8) is 0 Å². The highest BCUT2D eigenvalue weighted by atomic mass is 16.2. The van der Waals surface area contributed by atoms with E-state index in [0.717, 1.165) is 31.8 Å².